The summed E-state index contributed by atoms with van der Waals surface area (Å²) in [5.41, 5.74) is 0.711. The zero-order valence-corrected chi connectivity index (χ0v) is 15.7. The van der Waals surface area contributed by atoms with Gasteiger partial charge in [0.2, 0.25) is 0 Å². The summed E-state index contributed by atoms with van der Waals surface area (Å²) in [7, 11) is 0. The molecule has 1 aromatic heterocycles. The van der Waals surface area contributed by atoms with Gasteiger partial charge in [-0.05, 0) is 45.7 Å². The number of hydrogen-bond acceptors (Lipinski definition) is 5. The molecule has 1 aromatic rings. The average Bonchev–Trinajstić information content (AvgIpc) is 2.56. The first kappa shape index (κ1) is 19.7. The van der Waals surface area contributed by atoms with Gasteiger partial charge in [0, 0.05) is 19.4 Å². The van der Waals surface area contributed by atoms with Crippen LogP contribution >= 0.6 is 0 Å². The molecule has 1 aliphatic rings. The molecule has 25 heavy (non-hydrogen) atoms. The number of pyridine rings is 1. The van der Waals surface area contributed by atoms with Crippen LogP contribution in [0.3, 0.4) is 0 Å². The first-order valence-electron chi connectivity index (χ1n) is 9.03. The summed E-state index contributed by atoms with van der Waals surface area (Å²) < 4.78 is 22.4. The van der Waals surface area contributed by atoms with Gasteiger partial charge >= 0.3 is 0 Å². The smallest absolute Gasteiger partial charge is 0.138 e. The average molecular weight is 347 g/mol. The van der Waals surface area contributed by atoms with Crippen molar-refractivity contribution in [2.75, 3.05) is 19.8 Å². The third kappa shape index (κ3) is 7.43. The highest BCUT2D eigenvalue weighted by molar-refractivity contribution is 5.31. The van der Waals surface area contributed by atoms with Gasteiger partial charge < -0.3 is 18.9 Å². The lowest BCUT2D eigenvalue weighted by Gasteiger charge is -2.36. The summed E-state index contributed by atoms with van der Waals surface area (Å²) in [6, 6.07) is 3.78. The van der Waals surface area contributed by atoms with E-state index in [2.05, 4.69) is 30.7 Å². The second kappa shape index (κ2) is 10.4. The molecule has 0 spiro atoms. The molecule has 1 fully saturated rings. The minimum Gasteiger partial charge on any atom is -0.489 e. The van der Waals surface area contributed by atoms with Crippen LogP contribution in [0.25, 0.3) is 0 Å². The van der Waals surface area contributed by atoms with Crippen LogP contribution in [0.1, 0.15) is 46.2 Å². The molecule has 1 aliphatic carbocycles. The van der Waals surface area contributed by atoms with Crippen molar-refractivity contribution in [2.45, 2.75) is 65.0 Å². The van der Waals surface area contributed by atoms with Crippen molar-refractivity contribution in [3.8, 4) is 17.6 Å². The number of hydrogen-bond donors (Lipinski definition) is 0. The molecule has 0 N–H and O–H groups in total. The summed E-state index contributed by atoms with van der Waals surface area (Å²) in [6.45, 7) is 9.71. The van der Waals surface area contributed by atoms with Crippen molar-refractivity contribution < 1.29 is 18.9 Å². The Morgan fingerprint density at radius 3 is 2.64 bits per heavy atom. The number of aromatic nitrogens is 1. The molecule has 0 saturated heterocycles. The van der Waals surface area contributed by atoms with E-state index in [1.807, 2.05) is 26.0 Å². The van der Waals surface area contributed by atoms with Gasteiger partial charge in [0.05, 0.1) is 31.1 Å². The predicted octanol–water partition coefficient (Wildman–Crippen LogP) is 3.21. The number of ether oxygens (including phenoxy) is 4. The van der Waals surface area contributed by atoms with E-state index < -0.39 is 0 Å². The Morgan fingerprint density at radius 2 is 2.00 bits per heavy atom. The van der Waals surface area contributed by atoms with E-state index in [1.54, 1.807) is 6.20 Å². The van der Waals surface area contributed by atoms with Crippen LogP contribution in [0.4, 0.5) is 0 Å². The van der Waals surface area contributed by atoms with Crippen LogP contribution < -0.4 is 4.74 Å². The lowest BCUT2D eigenvalue weighted by molar-refractivity contribution is -0.0850. The van der Waals surface area contributed by atoms with E-state index in [9.17, 15) is 0 Å². The Hall–Kier alpha value is -1.61. The lowest BCUT2D eigenvalue weighted by Crippen LogP contribution is -2.40. The fraction of sp³-hybridized carbons (Fsp3) is 0.650. The van der Waals surface area contributed by atoms with Crippen LogP contribution in [-0.2, 0) is 14.2 Å². The van der Waals surface area contributed by atoms with Crippen LogP contribution in [0, 0.1) is 11.8 Å². The summed E-state index contributed by atoms with van der Waals surface area (Å²) in [6.07, 6.45) is 4.48. The molecule has 0 bridgehead atoms. The predicted molar refractivity (Wildman–Crippen MR) is 96.7 cm³/mol. The molecule has 5 heteroatoms. The Bertz CT molecular complexity index is 555. The van der Waals surface area contributed by atoms with Crippen LogP contribution in [0.5, 0.6) is 5.75 Å². The molecular weight excluding hydrogens is 318 g/mol. The summed E-state index contributed by atoms with van der Waals surface area (Å²) in [5.74, 6) is 6.74. The van der Waals surface area contributed by atoms with Gasteiger partial charge in [0.15, 0.2) is 0 Å². The minimum absolute atomic E-state index is 0.0453. The third-order valence-electron chi connectivity index (χ3n) is 3.77. The minimum atomic E-state index is 0.0453. The number of rotatable bonds is 9. The van der Waals surface area contributed by atoms with Gasteiger partial charge in [-0.25, -0.2) is 4.98 Å². The Morgan fingerprint density at radius 1 is 1.20 bits per heavy atom. The van der Waals surface area contributed by atoms with E-state index in [4.69, 9.17) is 18.9 Å². The van der Waals surface area contributed by atoms with Gasteiger partial charge in [-0.15, -0.1) is 0 Å². The molecule has 1 saturated carbocycles. The van der Waals surface area contributed by atoms with Crippen molar-refractivity contribution >= 4 is 0 Å². The summed E-state index contributed by atoms with van der Waals surface area (Å²) >= 11 is 0. The second-order valence-corrected chi connectivity index (χ2v) is 6.48. The van der Waals surface area contributed by atoms with Crippen LogP contribution in [0.15, 0.2) is 18.3 Å². The molecule has 1 unspecified atom stereocenters. The highest BCUT2D eigenvalue weighted by Crippen LogP contribution is 2.28. The van der Waals surface area contributed by atoms with E-state index in [-0.39, 0.29) is 18.3 Å². The molecular formula is C20H29NO4. The quantitative estimate of drug-likeness (QED) is 0.642. The molecule has 2 rings (SSSR count). The maximum Gasteiger partial charge on any atom is 0.138 e. The normalized spacial score (nSPS) is 20.5. The van der Waals surface area contributed by atoms with Crippen molar-refractivity contribution in [1.82, 2.24) is 4.98 Å². The molecule has 1 heterocycles. The fourth-order valence-corrected chi connectivity index (χ4v) is 2.47. The first-order chi connectivity index (χ1) is 12.1. The van der Waals surface area contributed by atoms with E-state index >= 15 is 0 Å². The molecule has 0 radical (unpaired) electrons. The molecule has 138 valence electrons. The second-order valence-electron chi connectivity index (χ2n) is 6.48. The SMILES string of the molecule is CCOCC(C)OCC#Cc1ccc(OC2CC(OC(C)C)C2)cn1. The summed E-state index contributed by atoms with van der Waals surface area (Å²) in [5, 5.41) is 0. The molecule has 1 atom stereocenters. The maximum atomic E-state index is 5.88. The monoisotopic (exact) mass is 347 g/mol. The topological polar surface area (TPSA) is 49.8 Å². The highest BCUT2D eigenvalue weighted by Gasteiger charge is 2.32. The van der Waals surface area contributed by atoms with Gasteiger partial charge in [0.1, 0.15) is 24.2 Å². The van der Waals surface area contributed by atoms with Crippen LogP contribution in [0.2, 0.25) is 0 Å². The van der Waals surface area contributed by atoms with Gasteiger partial charge in [-0.2, -0.15) is 0 Å². The van der Waals surface area contributed by atoms with E-state index in [1.165, 1.54) is 0 Å². The van der Waals surface area contributed by atoms with Crippen molar-refractivity contribution in [3.05, 3.63) is 24.0 Å². The number of nitrogens with zero attached hydrogens (tertiary/aromatic N) is 1. The van der Waals surface area contributed by atoms with Gasteiger partial charge in [-0.3, -0.25) is 0 Å². The molecule has 0 amide bonds. The Labute approximate surface area is 151 Å². The van der Waals surface area contributed by atoms with Crippen molar-refractivity contribution in [2.24, 2.45) is 0 Å². The molecule has 5 nitrogen and oxygen atoms in total. The van der Waals surface area contributed by atoms with Gasteiger partial charge in [-0.1, -0.05) is 5.92 Å². The molecule has 0 aromatic carbocycles. The van der Waals surface area contributed by atoms with E-state index in [0.717, 1.165) is 18.6 Å². The highest BCUT2D eigenvalue weighted by atomic mass is 16.5. The Kier molecular flexibility index (Phi) is 8.20. The first-order valence-corrected chi connectivity index (χ1v) is 9.03. The zero-order chi connectivity index (χ0) is 18.1. The Balaban J connectivity index is 1.68. The standard InChI is InChI=1S/C20H29NO4/c1-5-22-14-16(4)23-10-6-7-17-8-9-18(13-21-17)25-20-11-19(12-20)24-15(2)3/h8-9,13,15-16,19-20H,5,10-12,14H2,1-4H3. The van der Waals surface area contributed by atoms with Crippen LogP contribution in [-0.4, -0.2) is 49.2 Å². The van der Waals surface area contributed by atoms with E-state index in [0.29, 0.717) is 31.6 Å². The largest absolute Gasteiger partial charge is 0.489 e. The van der Waals surface area contributed by atoms with Crippen molar-refractivity contribution in [1.29, 1.82) is 0 Å². The van der Waals surface area contributed by atoms with Crippen molar-refractivity contribution in [3.63, 3.8) is 0 Å². The maximum absolute atomic E-state index is 5.88. The van der Waals surface area contributed by atoms with Gasteiger partial charge in [0.25, 0.3) is 0 Å². The summed E-state index contributed by atoms with van der Waals surface area (Å²) in [4.78, 5) is 4.31. The fourth-order valence-electron chi connectivity index (χ4n) is 2.47. The zero-order valence-electron chi connectivity index (χ0n) is 15.7. The third-order valence-corrected chi connectivity index (χ3v) is 3.77. The molecule has 0 aliphatic heterocycles. The lowest BCUT2D eigenvalue weighted by atomic mass is 9.92.